The van der Waals surface area contributed by atoms with E-state index in [4.69, 9.17) is 0 Å². The lowest BCUT2D eigenvalue weighted by molar-refractivity contribution is -0.156. The van der Waals surface area contributed by atoms with Crippen LogP contribution in [-0.4, -0.2) is 40.7 Å². The highest BCUT2D eigenvalue weighted by molar-refractivity contribution is 5.76. The molecular weight excluding hydrogens is 331 g/mol. The van der Waals surface area contributed by atoms with Crippen LogP contribution in [-0.2, 0) is 11.2 Å². The SMILES string of the molecule is O=C1CCCN(CCC(O)c2ccc(F)cc2)N1CCc1ccccc1. The minimum absolute atomic E-state index is 0.142. The van der Waals surface area contributed by atoms with Crippen LogP contribution in [0.1, 0.15) is 36.5 Å². The molecule has 4 nitrogen and oxygen atoms in total. The van der Waals surface area contributed by atoms with Crippen molar-refractivity contribution >= 4 is 5.91 Å². The van der Waals surface area contributed by atoms with Crippen molar-refractivity contribution in [3.8, 4) is 0 Å². The number of aliphatic hydroxyl groups is 1. The third-order valence-corrected chi connectivity index (χ3v) is 4.81. The Morgan fingerprint density at radius 1 is 1.04 bits per heavy atom. The average molecular weight is 356 g/mol. The summed E-state index contributed by atoms with van der Waals surface area (Å²) in [4.78, 5) is 12.4. The van der Waals surface area contributed by atoms with E-state index in [2.05, 4.69) is 12.1 Å². The number of aliphatic hydroxyl groups excluding tert-OH is 1. The van der Waals surface area contributed by atoms with Crippen LogP contribution in [0.25, 0.3) is 0 Å². The van der Waals surface area contributed by atoms with Gasteiger partial charge >= 0.3 is 0 Å². The van der Waals surface area contributed by atoms with Crippen LogP contribution in [0.3, 0.4) is 0 Å². The maximum atomic E-state index is 13.0. The quantitative estimate of drug-likeness (QED) is 0.828. The summed E-state index contributed by atoms with van der Waals surface area (Å²) in [6, 6.07) is 16.1. The molecule has 0 aromatic heterocycles. The van der Waals surface area contributed by atoms with Crippen molar-refractivity contribution in [1.82, 2.24) is 10.0 Å². The summed E-state index contributed by atoms with van der Waals surface area (Å²) in [5.74, 6) is -0.168. The summed E-state index contributed by atoms with van der Waals surface area (Å²) >= 11 is 0. The van der Waals surface area contributed by atoms with Gasteiger partial charge in [0.05, 0.1) is 6.10 Å². The van der Waals surface area contributed by atoms with Crippen LogP contribution in [0.15, 0.2) is 54.6 Å². The van der Waals surface area contributed by atoms with Crippen molar-refractivity contribution < 1.29 is 14.3 Å². The minimum atomic E-state index is -0.663. The van der Waals surface area contributed by atoms with Gasteiger partial charge in [-0.1, -0.05) is 42.5 Å². The number of nitrogens with zero attached hydrogens (tertiary/aromatic N) is 2. The second-order valence-corrected chi connectivity index (χ2v) is 6.67. The van der Waals surface area contributed by atoms with Crippen molar-refractivity contribution in [3.05, 3.63) is 71.5 Å². The predicted molar refractivity (Wildman–Crippen MR) is 98.6 cm³/mol. The van der Waals surface area contributed by atoms with Gasteiger partial charge in [-0.25, -0.2) is 9.40 Å². The smallest absolute Gasteiger partial charge is 0.236 e. The number of hydrogen-bond donors (Lipinski definition) is 1. The first-order chi connectivity index (χ1) is 12.6. The largest absolute Gasteiger partial charge is 0.388 e. The maximum Gasteiger partial charge on any atom is 0.236 e. The molecule has 138 valence electrons. The molecule has 26 heavy (non-hydrogen) atoms. The Labute approximate surface area is 153 Å². The molecule has 1 aliphatic rings. The van der Waals surface area contributed by atoms with Crippen molar-refractivity contribution in [2.24, 2.45) is 0 Å². The second kappa shape index (κ2) is 8.92. The molecule has 1 aliphatic heterocycles. The molecule has 0 aliphatic carbocycles. The Bertz CT molecular complexity index is 706. The number of halogens is 1. The molecule has 0 spiro atoms. The number of hydrazine groups is 1. The number of carbonyl (C=O) groups is 1. The Morgan fingerprint density at radius 3 is 2.50 bits per heavy atom. The third-order valence-electron chi connectivity index (χ3n) is 4.81. The van der Waals surface area contributed by atoms with E-state index >= 15 is 0 Å². The van der Waals surface area contributed by atoms with Gasteiger partial charge < -0.3 is 5.11 Å². The van der Waals surface area contributed by atoms with Gasteiger partial charge in [-0.05, 0) is 42.5 Å². The van der Waals surface area contributed by atoms with Gasteiger partial charge in [0.25, 0.3) is 0 Å². The summed E-state index contributed by atoms with van der Waals surface area (Å²) in [6.45, 7) is 2.06. The predicted octanol–water partition coefficient (Wildman–Crippen LogP) is 3.33. The lowest BCUT2D eigenvalue weighted by Crippen LogP contribution is -2.51. The Hall–Kier alpha value is -2.24. The van der Waals surface area contributed by atoms with Gasteiger partial charge in [-0.15, -0.1) is 0 Å². The molecule has 0 saturated carbocycles. The second-order valence-electron chi connectivity index (χ2n) is 6.67. The van der Waals surface area contributed by atoms with Crippen molar-refractivity contribution in [2.45, 2.75) is 31.8 Å². The first-order valence-corrected chi connectivity index (χ1v) is 9.16. The standard InChI is InChI=1S/C21H25FN2O2/c22-19-10-8-18(9-11-19)20(25)13-15-23-14-4-7-21(26)24(23)16-12-17-5-2-1-3-6-17/h1-3,5-6,8-11,20,25H,4,7,12-16H2. The fraction of sp³-hybridized carbons (Fsp3) is 0.381. The van der Waals surface area contributed by atoms with Gasteiger partial charge in [0, 0.05) is 26.1 Å². The van der Waals surface area contributed by atoms with Crippen LogP contribution in [0.5, 0.6) is 0 Å². The molecule has 1 saturated heterocycles. The molecule has 1 fully saturated rings. The normalized spacial score (nSPS) is 16.7. The Kier molecular flexibility index (Phi) is 6.36. The molecule has 1 amide bonds. The number of benzene rings is 2. The molecule has 0 bridgehead atoms. The number of hydrogen-bond acceptors (Lipinski definition) is 3. The van der Waals surface area contributed by atoms with E-state index < -0.39 is 6.10 Å². The summed E-state index contributed by atoms with van der Waals surface area (Å²) in [7, 11) is 0. The lowest BCUT2D eigenvalue weighted by atomic mass is 10.1. The van der Waals surface area contributed by atoms with Crippen LogP contribution < -0.4 is 0 Å². The minimum Gasteiger partial charge on any atom is -0.388 e. The Balaban J connectivity index is 1.57. The molecule has 5 heteroatoms. The van der Waals surface area contributed by atoms with Gasteiger partial charge in [0.2, 0.25) is 5.91 Å². The van der Waals surface area contributed by atoms with Gasteiger partial charge in [0.15, 0.2) is 0 Å². The highest BCUT2D eigenvalue weighted by Gasteiger charge is 2.26. The van der Waals surface area contributed by atoms with E-state index in [0.717, 1.165) is 19.4 Å². The first-order valence-electron chi connectivity index (χ1n) is 9.16. The fourth-order valence-corrected chi connectivity index (χ4v) is 3.32. The highest BCUT2D eigenvalue weighted by Crippen LogP contribution is 2.20. The average Bonchev–Trinajstić information content (AvgIpc) is 2.66. The van der Waals surface area contributed by atoms with Gasteiger partial charge in [0.1, 0.15) is 5.82 Å². The maximum absolute atomic E-state index is 13.0. The van der Waals surface area contributed by atoms with Crippen LogP contribution >= 0.6 is 0 Å². The number of amides is 1. The zero-order chi connectivity index (χ0) is 18.4. The van der Waals surface area contributed by atoms with E-state index in [-0.39, 0.29) is 11.7 Å². The molecule has 3 rings (SSSR count). The molecule has 1 unspecified atom stereocenters. The van der Waals surface area contributed by atoms with Gasteiger partial charge in [-0.2, -0.15) is 0 Å². The monoisotopic (exact) mass is 356 g/mol. The molecule has 1 heterocycles. The first kappa shape index (κ1) is 18.5. The fourth-order valence-electron chi connectivity index (χ4n) is 3.32. The topological polar surface area (TPSA) is 43.8 Å². The van der Waals surface area contributed by atoms with E-state index in [1.165, 1.54) is 17.7 Å². The molecule has 0 radical (unpaired) electrons. The summed E-state index contributed by atoms with van der Waals surface area (Å²) in [5, 5.41) is 14.2. The molecular formula is C21H25FN2O2. The van der Waals surface area contributed by atoms with Crippen LogP contribution in [0, 0.1) is 5.82 Å². The Morgan fingerprint density at radius 2 is 1.77 bits per heavy atom. The molecule has 2 aromatic rings. The number of carbonyl (C=O) groups excluding carboxylic acids is 1. The van der Waals surface area contributed by atoms with Crippen LogP contribution in [0.4, 0.5) is 4.39 Å². The highest BCUT2D eigenvalue weighted by atomic mass is 19.1. The zero-order valence-corrected chi connectivity index (χ0v) is 14.9. The lowest BCUT2D eigenvalue weighted by Gasteiger charge is -2.39. The summed E-state index contributed by atoms with van der Waals surface area (Å²) in [5.41, 5.74) is 1.91. The van der Waals surface area contributed by atoms with Crippen molar-refractivity contribution in [1.29, 1.82) is 0 Å². The van der Waals surface area contributed by atoms with E-state index in [0.29, 0.717) is 31.5 Å². The summed E-state index contributed by atoms with van der Waals surface area (Å²) < 4.78 is 13.0. The van der Waals surface area contributed by atoms with Gasteiger partial charge in [-0.3, -0.25) is 9.80 Å². The van der Waals surface area contributed by atoms with E-state index in [1.807, 2.05) is 28.2 Å². The number of rotatable bonds is 7. The molecule has 1 atom stereocenters. The molecule has 1 N–H and O–H groups in total. The van der Waals surface area contributed by atoms with Crippen molar-refractivity contribution in [2.75, 3.05) is 19.6 Å². The van der Waals surface area contributed by atoms with Crippen molar-refractivity contribution in [3.63, 3.8) is 0 Å². The zero-order valence-electron chi connectivity index (χ0n) is 14.9. The third kappa shape index (κ3) is 4.90. The van der Waals surface area contributed by atoms with E-state index in [1.54, 1.807) is 12.1 Å². The van der Waals surface area contributed by atoms with E-state index in [9.17, 15) is 14.3 Å². The summed E-state index contributed by atoms with van der Waals surface area (Å²) in [6.07, 6.45) is 2.06. The van der Waals surface area contributed by atoms with Crippen LogP contribution in [0.2, 0.25) is 0 Å². The molecule has 2 aromatic carbocycles.